The number of hydrogen-bond acceptors (Lipinski definition) is 5. The monoisotopic (exact) mass is 212 g/mol. The Labute approximate surface area is 86.4 Å². The fourth-order valence-electron chi connectivity index (χ4n) is 0.863. The van der Waals surface area contributed by atoms with E-state index in [1.54, 1.807) is 0 Å². The molecule has 1 rings (SSSR count). The van der Waals surface area contributed by atoms with Gasteiger partial charge in [0.25, 0.3) is 0 Å². The van der Waals surface area contributed by atoms with Gasteiger partial charge in [-0.15, -0.1) is 0 Å². The topological polar surface area (TPSA) is 81.8 Å². The molecule has 6 heteroatoms. The first-order valence-corrected chi connectivity index (χ1v) is 4.43. The van der Waals surface area contributed by atoms with Gasteiger partial charge in [-0.2, -0.15) is 10.2 Å². The molecular weight excluding hydrogens is 204 g/mol. The van der Waals surface area contributed by atoms with E-state index in [9.17, 15) is 0 Å². The normalized spacial score (nSPS) is 9.50. The molecule has 0 unspecified atom stereocenters. The van der Waals surface area contributed by atoms with Crippen molar-refractivity contribution in [2.75, 3.05) is 18.5 Å². The number of anilines is 1. The van der Waals surface area contributed by atoms with Crippen molar-refractivity contribution in [1.82, 2.24) is 9.97 Å². The maximum absolute atomic E-state index is 8.70. The van der Waals surface area contributed by atoms with Crippen LogP contribution in [0.4, 0.5) is 5.82 Å². The van der Waals surface area contributed by atoms with E-state index >= 15 is 0 Å². The third kappa shape index (κ3) is 2.83. The Bertz CT molecular complexity index is 350. The second kappa shape index (κ2) is 5.37. The summed E-state index contributed by atoms with van der Waals surface area (Å²) in [7, 11) is 0. The average molecular weight is 213 g/mol. The van der Waals surface area contributed by atoms with E-state index in [0.29, 0.717) is 24.3 Å². The number of aliphatic hydroxyl groups excluding tert-OH is 1. The molecule has 0 spiro atoms. The lowest BCUT2D eigenvalue weighted by Crippen LogP contribution is -2.07. The lowest BCUT2D eigenvalue weighted by molar-refractivity contribution is 0.292. The molecule has 0 saturated carbocycles. The molecule has 5 nitrogen and oxygen atoms in total. The maximum Gasteiger partial charge on any atom is 0.224 e. The van der Waals surface area contributed by atoms with E-state index in [4.69, 9.17) is 22.0 Å². The molecule has 0 fully saturated rings. The number of nitriles is 1. The molecule has 0 saturated heterocycles. The highest BCUT2D eigenvalue weighted by Gasteiger charge is 2.04. The van der Waals surface area contributed by atoms with Crippen LogP contribution in [0.3, 0.4) is 0 Å². The predicted octanol–water partition coefficient (Wildman–Crippen LogP) is 0.796. The number of rotatable bonds is 4. The highest BCUT2D eigenvalue weighted by Crippen LogP contribution is 2.12. The molecule has 0 radical (unpaired) electrons. The van der Waals surface area contributed by atoms with Crippen LogP contribution in [0, 0.1) is 11.3 Å². The first-order chi connectivity index (χ1) is 6.77. The van der Waals surface area contributed by atoms with E-state index in [1.807, 2.05) is 6.07 Å². The standard InChI is InChI=1S/C8H9ClN4O/c9-8-12-5-6(4-10)7(13-8)11-2-1-3-14/h5,14H,1-3H2,(H,11,12,13). The highest BCUT2D eigenvalue weighted by atomic mass is 35.5. The van der Waals surface area contributed by atoms with Gasteiger partial charge in [0.15, 0.2) is 0 Å². The van der Waals surface area contributed by atoms with Crippen LogP contribution < -0.4 is 5.32 Å². The van der Waals surface area contributed by atoms with Crippen molar-refractivity contribution in [2.24, 2.45) is 0 Å². The number of nitrogens with zero attached hydrogens (tertiary/aromatic N) is 3. The summed E-state index contributed by atoms with van der Waals surface area (Å²) in [5.74, 6) is 0.404. The number of halogens is 1. The van der Waals surface area contributed by atoms with Crippen LogP contribution in [0.15, 0.2) is 6.20 Å². The first-order valence-electron chi connectivity index (χ1n) is 4.05. The quantitative estimate of drug-likeness (QED) is 0.570. The molecule has 0 atom stereocenters. The van der Waals surface area contributed by atoms with Gasteiger partial charge < -0.3 is 10.4 Å². The lowest BCUT2D eigenvalue weighted by atomic mass is 10.3. The van der Waals surface area contributed by atoms with Crippen molar-refractivity contribution in [2.45, 2.75) is 6.42 Å². The average Bonchev–Trinajstić information content (AvgIpc) is 2.19. The van der Waals surface area contributed by atoms with Gasteiger partial charge in [-0.1, -0.05) is 0 Å². The van der Waals surface area contributed by atoms with E-state index in [2.05, 4.69) is 15.3 Å². The number of nitrogens with one attached hydrogen (secondary N) is 1. The largest absolute Gasteiger partial charge is 0.396 e. The molecule has 0 aliphatic carbocycles. The number of aromatic nitrogens is 2. The van der Waals surface area contributed by atoms with Crippen LogP contribution in [0.25, 0.3) is 0 Å². The fraction of sp³-hybridized carbons (Fsp3) is 0.375. The molecule has 14 heavy (non-hydrogen) atoms. The summed E-state index contributed by atoms with van der Waals surface area (Å²) in [6.45, 7) is 0.631. The van der Waals surface area contributed by atoms with Crippen molar-refractivity contribution in [3.63, 3.8) is 0 Å². The molecule has 2 N–H and O–H groups in total. The zero-order chi connectivity index (χ0) is 10.4. The molecule has 74 valence electrons. The second-order valence-corrected chi connectivity index (χ2v) is 2.86. The summed E-state index contributed by atoms with van der Waals surface area (Å²) in [6, 6.07) is 1.94. The number of hydrogen-bond donors (Lipinski definition) is 2. The summed E-state index contributed by atoms with van der Waals surface area (Å²) in [6.07, 6.45) is 1.95. The zero-order valence-electron chi connectivity index (χ0n) is 7.37. The number of aliphatic hydroxyl groups is 1. The Morgan fingerprint density at radius 1 is 1.64 bits per heavy atom. The van der Waals surface area contributed by atoms with Gasteiger partial charge in [0.05, 0.1) is 6.20 Å². The summed E-state index contributed by atoms with van der Waals surface area (Å²) in [5.41, 5.74) is 0.340. The van der Waals surface area contributed by atoms with Crippen LogP contribution >= 0.6 is 11.6 Å². The summed E-state index contributed by atoms with van der Waals surface area (Å²) in [5, 5.41) is 20.2. The van der Waals surface area contributed by atoms with Crippen molar-refractivity contribution in [3.8, 4) is 6.07 Å². The molecule has 0 aliphatic rings. The Kier molecular flexibility index (Phi) is 4.11. The van der Waals surface area contributed by atoms with E-state index in [0.717, 1.165) is 0 Å². The van der Waals surface area contributed by atoms with Crippen LogP contribution in [-0.2, 0) is 0 Å². The lowest BCUT2D eigenvalue weighted by Gasteiger charge is -2.05. The molecule has 0 bridgehead atoms. The van der Waals surface area contributed by atoms with Gasteiger partial charge in [0.2, 0.25) is 5.28 Å². The minimum Gasteiger partial charge on any atom is -0.396 e. The Morgan fingerprint density at radius 3 is 3.07 bits per heavy atom. The maximum atomic E-state index is 8.70. The van der Waals surface area contributed by atoms with Gasteiger partial charge in [0, 0.05) is 13.2 Å². The molecule has 0 aliphatic heterocycles. The van der Waals surface area contributed by atoms with E-state index in [-0.39, 0.29) is 11.9 Å². The van der Waals surface area contributed by atoms with Gasteiger partial charge in [0.1, 0.15) is 17.5 Å². The zero-order valence-corrected chi connectivity index (χ0v) is 8.12. The van der Waals surface area contributed by atoms with Gasteiger partial charge in [-0.25, -0.2) is 4.98 Å². The van der Waals surface area contributed by atoms with E-state index < -0.39 is 0 Å². The van der Waals surface area contributed by atoms with Crippen molar-refractivity contribution >= 4 is 17.4 Å². The molecular formula is C8H9ClN4O. The van der Waals surface area contributed by atoms with Crippen molar-refractivity contribution in [3.05, 3.63) is 17.0 Å². The first kappa shape index (κ1) is 10.7. The van der Waals surface area contributed by atoms with E-state index in [1.165, 1.54) is 6.20 Å². The van der Waals surface area contributed by atoms with Crippen LogP contribution in [0.2, 0.25) is 5.28 Å². The van der Waals surface area contributed by atoms with Crippen LogP contribution in [0.1, 0.15) is 12.0 Å². The third-order valence-electron chi connectivity index (χ3n) is 1.51. The highest BCUT2D eigenvalue weighted by molar-refractivity contribution is 6.28. The second-order valence-electron chi connectivity index (χ2n) is 2.52. The SMILES string of the molecule is N#Cc1cnc(Cl)nc1NCCCO. The Hall–Kier alpha value is -1.38. The molecule has 1 aromatic heterocycles. The Balaban J connectivity index is 2.73. The van der Waals surface area contributed by atoms with Crippen LogP contribution in [0.5, 0.6) is 0 Å². The fourth-order valence-corrected chi connectivity index (χ4v) is 0.996. The molecule has 0 aromatic carbocycles. The van der Waals surface area contributed by atoms with Gasteiger partial charge >= 0.3 is 0 Å². The molecule has 1 aromatic rings. The molecule has 1 heterocycles. The predicted molar refractivity (Wildman–Crippen MR) is 51.9 cm³/mol. The minimum absolute atomic E-state index is 0.0910. The van der Waals surface area contributed by atoms with Crippen LogP contribution in [-0.4, -0.2) is 28.2 Å². The Morgan fingerprint density at radius 2 is 2.43 bits per heavy atom. The van der Waals surface area contributed by atoms with Gasteiger partial charge in [-0.05, 0) is 18.0 Å². The minimum atomic E-state index is 0.0910. The third-order valence-corrected chi connectivity index (χ3v) is 1.69. The molecule has 0 amide bonds. The van der Waals surface area contributed by atoms with Crippen molar-refractivity contribution < 1.29 is 5.11 Å². The van der Waals surface area contributed by atoms with Crippen molar-refractivity contribution in [1.29, 1.82) is 5.26 Å². The smallest absolute Gasteiger partial charge is 0.224 e. The summed E-state index contributed by atoms with van der Waals surface area (Å²) >= 11 is 5.57. The van der Waals surface area contributed by atoms with Gasteiger partial charge in [-0.3, -0.25) is 0 Å². The summed E-state index contributed by atoms with van der Waals surface area (Å²) in [4.78, 5) is 7.54. The summed E-state index contributed by atoms with van der Waals surface area (Å²) < 4.78 is 0.